The predicted octanol–water partition coefficient (Wildman–Crippen LogP) is 4.18. The number of fused-ring (bicyclic) bond motifs is 2. The van der Waals surface area contributed by atoms with Gasteiger partial charge in [-0.05, 0) is 73.8 Å². The van der Waals surface area contributed by atoms with E-state index in [9.17, 15) is 14.3 Å². The molecule has 3 N–H and O–H groups in total. The van der Waals surface area contributed by atoms with Crippen molar-refractivity contribution in [2.45, 2.75) is 96.2 Å². The Morgan fingerprint density at radius 2 is 1.97 bits per heavy atom. The number of amides is 1. The minimum Gasteiger partial charge on any atom is -0.471 e. The highest BCUT2D eigenvalue weighted by atomic mass is 19.1. The molecule has 2 aromatic rings. The zero-order valence-electron chi connectivity index (χ0n) is 23.3. The molecule has 4 atom stereocenters. The molecule has 3 heterocycles. The van der Waals surface area contributed by atoms with Crippen LogP contribution < -0.4 is 24.8 Å². The molecule has 0 bridgehead atoms. The van der Waals surface area contributed by atoms with Gasteiger partial charge in [-0.1, -0.05) is 26.8 Å². The van der Waals surface area contributed by atoms with E-state index < -0.39 is 24.2 Å². The van der Waals surface area contributed by atoms with E-state index in [1.54, 1.807) is 6.07 Å². The Morgan fingerprint density at radius 3 is 2.67 bits per heavy atom. The number of rotatable bonds is 9. The molecule has 1 amide bonds. The number of aliphatic hydroxyl groups excluding tert-OH is 1. The van der Waals surface area contributed by atoms with Gasteiger partial charge in [-0.25, -0.2) is 9.37 Å². The molecular weight excluding hydrogens is 501 g/mol. The van der Waals surface area contributed by atoms with Crippen molar-refractivity contribution < 1.29 is 28.5 Å². The highest BCUT2D eigenvalue weighted by Crippen LogP contribution is 2.48. The SMILES string of the molecule is C[C@@H](F)C(=O)N[C@@H](Cc1ccc2c(c1)OCO2)[C@H](O)CN[C@H]1CC2(CCC2)Oc2ncc(CC(C)(C)C)cc21. The van der Waals surface area contributed by atoms with Crippen LogP contribution in [0.3, 0.4) is 0 Å². The number of aliphatic hydroxyl groups is 1. The van der Waals surface area contributed by atoms with Crippen LogP contribution in [0.4, 0.5) is 4.39 Å². The summed E-state index contributed by atoms with van der Waals surface area (Å²) in [6, 6.07) is 6.91. The lowest BCUT2D eigenvalue weighted by atomic mass is 9.73. The third-order valence-electron chi connectivity index (χ3n) is 7.82. The number of nitrogens with zero attached hydrogens (tertiary/aromatic N) is 1. The van der Waals surface area contributed by atoms with Gasteiger partial charge in [0.25, 0.3) is 5.91 Å². The van der Waals surface area contributed by atoms with Crippen LogP contribution in [-0.2, 0) is 17.6 Å². The van der Waals surface area contributed by atoms with E-state index in [0.717, 1.165) is 48.8 Å². The van der Waals surface area contributed by atoms with Crippen LogP contribution in [0, 0.1) is 5.41 Å². The van der Waals surface area contributed by atoms with Crippen LogP contribution in [-0.4, -0.2) is 53.3 Å². The molecule has 1 aromatic carbocycles. The number of nitrogens with one attached hydrogen (secondary N) is 2. The molecule has 39 heavy (non-hydrogen) atoms. The summed E-state index contributed by atoms with van der Waals surface area (Å²) in [7, 11) is 0. The van der Waals surface area contributed by atoms with Crippen molar-refractivity contribution in [1.29, 1.82) is 0 Å². The predicted molar refractivity (Wildman–Crippen MR) is 145 cm³/mol. The second-order valence-corrected chi connectivity index (χ2v) is 12.5. The minimum atomic E-state index is -1.68. The standard InChI is InChI=1S/C30H40FN3O5/c1-18(31)27(36)34-22(11-19-6-7-25-26(12-19)38-17-37-25)24(35)16-32-23-14-30(8-5-9-30)39-28-21(23)10-20(15-33-28)13-29(2,3)4/h6-7,10,12,15,18,22-24,32,35H,5,8-9,11,13-14,16-17H2,1-4H3,(H,34,36)/t18-,22+,23+,24-/m1/s1. The first-order valence-electron chi connectivity index (χ1n) is 13.9. The Morgan fingerprint density at radius 1 is 1.21 bits per heavy atom. The number of alkyl halides is 1. The van der Waals surface area contributed by atoms with Crippen molar-refractivity contribution >= 4 is 5.91 Å². The smallest absolute Gasteiger partial charge is 0.254 e. The van der Waals surface area contributed by atoms with Gasteiger partial charge in [-0.15, -0.1) is 0 Å². The van der Waals surface area contributed by atoms with Crippen LogP contribution in [0.25, 0.3) is 0 Å². The second-order valence-electron chi connectivity index (χ2n) is 12.5. The van der Waals surface area contributed by atoms with Gasteiger partial charge in [0, 0.05) is 30.8 Å². The topological polar surface area (TPSA) is 102 Å². The molecular formula is C30H40FN3O5. The summed E-state index contributed by atoms with van der Waals surface area (Å²) in [5.41, 5.74) is 2.88. The maximum absolute atomic E-state index is 13.8. The average molecular weight is 542 g/mol. The van der Waals surface area contributed by atoms with Gasteiger partial charge in [0.15, 0.2) is 17.7 Å². The van der Waals surface area contributed by atoms with Gasteiger partial charge in [0.2, 0.25) is 12.7 Å². The van der Waals surface area contributed by atoms with Crippen molar-refractivity contribution in [1.82, 2.24) is 15.6 Å². The molecule has 0 unspecified atom stereocenters. The van der Waals surface area contributed by atoms with Gasteiger partial charge in [-0.2, -0.15) is 0 Å². The van der Waals surface area contributed by atoms with Crippen LogP contribution >= 0.6 is 0 Å². The average Bonchev–Trinajstić information content (AvgIpc) is 3.32. The Labute approximate surface area is 229 Å². The molecule has 0 saturated heterocycles. The Hall–Kier alpha value is -2.91. The monoisotopic (exact) mass is 541 g/mol. The van der Waals surface area contributed by atoms with Crippen molar-refractivity contribution in [3.63, 3.8) is 0 Å². The van der Waals surface area contributed by atoms with E-state index in [0.29, 0.717) is 23.8 Å². The number of hydrogen-bond acceptors (Lipinski definition) is 7. The Bertz CT molecular complexity index is 1190. The third-order valence-corrected chi connectivity index (χ3v) is 7.82. The number of carbonyl (C=O) groups excluding carboxylic acids is 1. The molecule has 212 valence electrons. The summed E-state index contributed by atoms with van der Waals surface area (Å²) >= 11 is 0. The minimum absolute atomic E-state index is 0.0573. The van der Waals surface area contributed by atoms with Crippen LogP contribution in [0.15, 0.2) is 30.5 Å². The number of pyridine rings is 1. The van der Waals surface area contributed by atoms with Crippen LogP contribution in [0.2, 0.25) is 0 Å². The molecule has 9 heteroatoms. The van der Waals surface area contributed by atoms with E-state index in [4.69, 9.17) is 19.2 Å². The van der Waals surface area contributed by atoms with Crippen molar-refractivity contribution in [3.05, 3.63) is 47.2 Å². The molecule has 2 aliphatic heterocycles. The van der Waals surface area contributed by atoms with Crippen LogP contribution in [0.1, 0.15) is 76.1 Å². The summed E-state index contributed by atoms with van der Waals surface area (Å²) in [5.74, 6) is 1.18. The number of carbonyl (C=O) groups is 1. The van der Waals surface area contributed by atoms with Crippen LogP contribution in [0.5, 0.6) is 17.4 Å². The molecule has 1 spiro atoms. The molecule has 5 rings (SSSR count). The molecule has 1 aromatic heterocycles. The number of ether oxygens (including phenoxy) is 3. The molecule has 0 radical (unpaired) electrons. The molecule has 3 aliphatic rings. The lowest BCUT2D eigenvalue weighted by Crippen LogP contribution is -2.53. The largest absolute Gasteiger partial charge is 0.471 e. The number of hydrogen-bond donors (Lipinski definition) is 3. The van der Waals surface area contributed by atoms with Gasteiger partial charge in [0.05, 0.1) is 12.1 Å². The van der Waals surface area contributed by atoms with E-state index in [1.165, 1.54) is 6.92 Å². The number of aromatic nitrogens is 1. The lowest BCUT2D eigenvalue weighted by molar-refractivity contribution is -0.126. The first-order chi connectivity index (χ1) is 18.5. The van der Waals surface area contributed by atoms with E-state index in [2.05, 4.69) is 37.5 Å². The lowest BCUT2D eigenvalue weighted by Gasteiger charge is -2.47. The van der Waals surface area contributed by atoms with Crippen molar-refractivity contribution in [3.8, 4) is 17.4 Å². The summed E-state index contributed by atoms with van der Waals surface area (Å²) < 4.78 is 31.0. The van der Waals surface area contributed by atoms with Gasteiger partial charge >= 0.3 is 0 Å². The molecule has 1 aliphatic carbocycles. The Kier molecular flexibility index (Phi) is 7.75. The normalized spacial score (nSPS) is 21.3. The summed E-state index contributed by atoms with van der Waals surface area (Å²) in [6.07, 6.45) is 4.33. The molecule has 8 nitrogen and oxygen atoms in total. The first-order valence-corrected chi connectivity index (χ1v) is 13.9. The maximum Gasteiger partial charge on any atom is 0.254 e. The van der Waals surface area contributed by atoms with Gasteiger partial charge in [-0.3, -0.25) is 4.79 Å². The fourth-order valence-corrected chi connectivity index (χ4v) is 5.65. The number of benzene rings is 1. The highest BCUT2D eigenvalue weighted by molar-refractivity contribution is 5.80. The first kappa shape index (κ1) is 27.6. The summed E-state index contributed by atoms with van der Waals surface area (Å²) in [5, 5.41) is 17.5. The summed E-state index contributed by atoms with van der Waals surface area (Å²) in [6.45, 7) is 8.16. The third kappa shape index (κ3) is 6.47. The van der Waals surface area contributed by atoms with Crippen molar-refractivity contribution in [2.75, 3.05) is 13.3 Å². The van der Waals surface area contributed by atoms with Gasteiger partial charge in [0.1, 0.15) is 5.60 Å². The second kappa shape index (κ2) is 10.9. The van der Waals surface area contributed by atoms with E-state index in [-0.39, 0.29) is 30.4 Å². The Balaban J connectivity index is 1.33. The molecule has 1 saturated carbocycles. The maximum atomic E-state index is 13.8. The quantitative estimate of drug-likeness (QED) is 0.438. The van der Waals surface area contributed by atoms with E-state index in [1.807, 2.05) is 18.3 Å². The summed E-state index contributed by atoms with van der Waals surface area (Å²) in [4.78, 5) is 17.0. The fraction of sp³-hybridized carbons (Fsp3) is 0.600. The zero-order chi connectivity index (χ0) is 27.8. The molecule has 1 fully saturated rings. The zero-order valence-corrected chi connectivity index (χ0v) is 23.3. The van der Waals surface area contributed by atoms with E-state index >= 15 is 0 Å². The number of halogens is 1. The van der Waals surface area contributed by atoms with Crippen molar-refractivity contribution in [2.24, 2.45) is 5.41 Å². The van der Waals surface area contributed by atoms with Gasteiger partial charge < -0.3 is 30.0 Å². The highest BCUT2D eigenvalue weighted by Gasteiger charge is 2.46. The fourth-order valence-electron chi connectivity index (χ4n) is 5.65.